The van der Waals surface area contributed by atoms with Gasteiger partial charge in [-0.05, 0) is 63.6 Å². The first-order chi connectivity index (χ1) is 12.6. The van der Waals surface area contributed by atoms with Gasteiger partial charge in [0, 0.05) is 50.9 Å². The molecule has 0 aliphatic carbocycles. The van der Waals surface area contributed by atoms with Crippen molar-refractivity contribution >= 4 is 5.91 Å². The molecule has 1 amide bonds. The van der Waals surface area contributed by atoms with Gasteiger partial charge in [0.25, 0.3) is 5.91 Å². The van der Waals surface area contributed by atoms with E-state index in [0.29, 0.717) is 0 Å². The molecule has 4 aliphatic rings. The van der Waals surface area contributed by atoms with E-state index in [4.69, 9.17) is 0 Å². The lowest BCUT2D eigenvalue weighted by Gasteiger charge is -2.51. The molecule has 1 aromatic carbocycles. The van der Waals surface area contributed by atoms with Crippen molar-refractivity contribution in [3.63, 3.8) is 0 Å². The maximum absolute atomic E-state index is 12.9. The van der Waals surface area contributed by atoms with Crippen LogP contribution in [0, 0.1) is 5.92 Å². The normalized spacial score (nSPS) is 29.3. The summed E-state index contributed by atoms with van der Waals surface area (Å²) >= 11 is 0. The zero-order valence-electron chi connectivity index (χ0n) is 16.2. The van der Waals surface area contributed by atoms with Gasteiger partial charge in [-0.2, -0.15) is 0 Å². The Labute approximate surface area is 157 Å². The first kappa shape index (κ1) is 18.0. The number of carbonyl (C=O) groups is 1. The minimum atomic E-state index is 0.194. The lowest BCUT2D eigenvalue weighted by atomic mass is 9.83. The Morgan fingerprint density at radius 3 is 2.42 bits per heavy atom. The summed E-state index contributed by atoms with van der Waals surface area (Å²) in [6, 6.07) is 8.85. The van der Waals surface area contributed by atoms with Crippen molar-refractivity contribution in [1.82, 2.24) is 19.6 Å². The summed E-state index contributed by atoms with van der Waals surface area (Å²) in [5.74, 6) is 1.07. The van der Waals surface area contributed by atoms with Gasteiger partial charge in [-0.15, -0.1) is 0 Å². The lowest BCUT2D eigenvalue weighted by molar-refractivity contribution is -0.0131. The Balaban J connectivity index is 1.35. The first-order valence-corrected chi connectivity index (χ1v) is 10.1. The molecule has 0 radical (unpaired) electrons. The third kappa shape index (κ3) is 3.80. The predicted octanol–water partition coefficient (Wildman–Crippen LogP) is 1.60. The Morgan fingerprint density at radius 2 is 1.81 bits per heavy atom. The maximum Gasteiger partial charge on any atom is 0.253 e. The molecule has 5 rings (SSSR count). The summed E-state index contributed by atoms with van der Waals surface area (Å²) in [4.78, 5) is 22.4. The molecule has 0 saturated carbocycles. The number of amides is 1. The van der Waals surface area contributed by atoms with Gasteiger partial charge in [-0.25, -0.2) is 0 Å². The topological polar surface area (TPSA) is 30.0 Å². The highest BCUT2D eigenvalue weighted by Crippen LogP contribution is 2.31. The van der Waals surface area contributed by atoms with Crippen LogP contribution >= 0.6 is 0 Å². The lowest BCUT2D eigenvalue weighted by Crippen LogP contribution is -2.61. The van der Waals surface area contributed by atoms with E-state index in [-0.39, 0.29) is 5.91 Å². The van der Waals surface area contributed by atoms with E-state index in [1.165, 1.54) is 38.0 Å². The maximum atomic E-state index is 12.9. The van der Waals surface area contributed by atoms with Gasteiger partial charge in [-0.1, -0.05) is 12.1 Å². The first-order valence-electron chi connectivity index (χ1n) is 10.1. The molecule has 0 N–H and O–H groups in total. The summed E-state index contributed by atoms with van der Waals surface area (Å²) in [5, 5.41) is 0. The largest absolute Gasteiger partial charge is 0.336 e. The van der Waals surface area contributed by atoms with Crippen LogP contribution in [0.4, 0.5) is 0 Å². The zero-order valence-corrected chi connectivity index (χ0v) is 16.2. The molecule has 0 aromatic heterocycles. The van der Waals surface area contributed by atoms with Gasteiger partial charge in [0.15, 0.2) is 0 Å². The number of hydrogen-bond donors (Lipinski definition) is 0. The van der Waals surface area contributed by atoms with Gasteiger partial charge in [0.1, 0.15) is 0 Å². The molecule has 1 atom stereocenters. The molecule has 0 spiro atoms. The van der Waals surface area contributed by atoms with E-state index in [0.717, 1.165) is 50.2 Å². The highest BCUT2D eigenvalue weighted by atomic mass is 16.2. The second kappa shape index (κ2) is 7.67. The van der Waals surface area contributed by atoms with Crippen molar-refractivity contribution in [2.24, 2.45) is 5.92 Å². The fourth-order valence-corrected chi connectivity index (χ4v) is 4.95. The summed E-state index contributed by atoms with van der Waals surface area (Å²) < 4.78 is 0. The Bertz CT molecular complexity index is 631. The standard InChI is InChI=1S/C21H32N4O/c1-22(2)15-17-4-3-5-19(14-17)21(26)25-12-10-24(11-13-25)20-16-23-8-6-18(20)7-9-23/h3-5,14,18,20H,6-13,15-16H2,1-2H3. The van der Waals surface area contributed by atoms with Crippen LogP contribution < -0.4 is 0 Å². The van der Waals surface area contributed by atoms with E-state index in [2.05, 4.69) is 40.9 Å². The SMILES string of the molecule is CN(C)Cc1cccc(C(=O)N2CCN(C3CN4CCC3CC4)CC2)c1. The third-order valence-corrected chi connectivity index (χ3v) is 6.36. The number of carbonyl (C=O) groups excluding carboxylic acids is 1. The van der Waals surface area contributed by atoms with Gasteiger partial charge in [0.05, 0.1) is 0 Å². The van der Waals surface area contributed by atoms with Crippen LogP contribution in [0.2, 0.25) is 0 Å². The van der Waals surface area contributed by atoms with E-state index >= 15 is 0 Å². The molecule has 1 aromatic rings. The van der Waals surface area contributed by atoms with E-state index in [1.807, 2.05) is 17.0 Å². The van der Waals surface area contributed by atoms with Crippen LogP contribution in [0.5, 0.6) is 0 Å². The second-order valence-corrected chi connectivity index (χ2v) is 8.47. The molecule has 1 unspecified atom stereocenters. The molecule has 4 heterocycles. The van der Waals surface area contributed by atoms with Gasteiger partial charge < -0.3 is 14.7 Å². The number of nitrogens with zero attached hydrogens (tertiary/aromatic N) is 4. The van der Waals surface area contributed by atoms with Crippen molar-refractivity contribution in [2.75, 3.05) is 59.9 Å². The van der Waals surface area contributed by atoms with Crippen LogP contribution in [-0.2, 0) is 6.54 Å². The highest BCUT2D eigenvalue weighted by molar-refractivity contribution is 5.94. The average molecular weight is 357 g/mol. The summed E-state index contributed by atoms with van der Waals surface area (Å²) in [6.07, 6.45) is 2.73. The van der Waals surface area contributed by atoms with Gasteiger partial charge in [0.2, 0.25) is 0 Å². The van der Waals surface area contributed by atoms with Crippen molar-refractivity contribution in [1.29, 1.82) is 0 Å². The molecule has 5 heteroatoms. The molecular formula is C21H32N4O. The zero-order chi connectivity index (χ0) is 18.1. The van der Waals surface area contributed by atoms with Crippen LogP contribution in [0.3, 0.4) is 0 Å². The molecule has 4 fully saturated rings. The quantitative estimate of drug-likeness (QED) is 0.820. The summed E-state index contributed by atoms with van der Waals surface area (Å²) in [5.41, 5.74) is 2.03. The fraction of sp³-hybridized carbons (Fsp3) is 0.667. The van der Waals surface area contributed by atoms with Crippen LogP contribution in [0.25, 0.3) is 0 Å². The van der Waals surface area contributed by atoms with Crippen molar-refractivity contribution in [3.8, 4) is 0 Å². The Kier molecular flexibility index (Phi) is 5.30. The molecule has 4 saturated heterocycles. The van der Waals surface area contributed by atoms with Gasteiger partial charge >= 0.3 is 0 Å². The Hall–Kier alpha value is -1.43. The van der Waals surface area contributed by atoms with E-state index < -0.39 is 0 Å². The predicted molar refractivity (Wildman–Crippen MR) is 104 cm³/mol. The minimum absolute atomic E-state index is 0.194. The fourth-order valence-electron chi connectivity index (χ4n) is 4.95. The number of fused-ring (bicyclic) bond motifs is 3. The number of piperazine rings is 1. The van der Waals surface area contributed by atoms with Crippen molar-refractivity contribution in [3.05, 3.63) is 35.4 Å². The third-order valence-electron chi connectivity index (χ3n) is 6.36. The molecule has 142 valence electrons. The van der Waals surface area contributed by atoms with Crippen LogP contribution in [0.15, 0.2) is 24.3 Å². The average Bonchev–Trinajstić information content (AvgIpc) is 2.68. The molecule has 26 heavy (non-hydrogen) atoms. The number of benzene rings is 1. The summed E-state index contributed by atoms with van der Waals surface area (Å²) in [6.45, 7) is 8.47. The number of hydrogen-bond acceptors (Lipinski definition) is 4. The Morgan fingerprint density at radius 1 is 1.08 bits per heavy atom. The highest BCUT2D eigenvalue weighted by Gasteiger charge is 2.38. The van der Waals surface area contributed by atoms with Gasteiger partial charge in [-0.3, -0.25) is 9.69 Å². The van der Waals surface area contributed by atoms with Crippen LogP contribution in [-0.4, -0.2) is 91.5 Å². The summed E-state index contributed by atoms with van der Waals surface area (Å²) in [7, 11) is 4.12. The number of piperidine rings is 3. The van der Waals surface area contributed by atoms with Crippen molar-refractivity contribution < 1.29 is 4.79 Å². The van der Waals surface area contributed by atoms with Crippen molar-refractivity contribution in [2.45, 2.75) is 25.4 Å². The molecular weight excluding hydrogens is 324 g/mol. The molecule has 4 aliphatic heterocycles. The minimum Gasteiger partial charge on any atom is -0.336 e. The van der Waals surface area contributed by atoms with E-state index in [9.17, 15) is 4.79 Å². The monoisotopic (exact) mass is 356 g/mol. The number of rotatable bonds is 4. The molecule has 5 nitrogen and oxygen atoms in total. The van der Waals surface area contributed by atoms with Crippen LogP contribution in [0.1, 0.15) is 28.8 Å². The second-order valence-electron chi connectivity index (χ2n) is 8.47. The smallest absolute Gasteiger partial charge is 0.253 e. The van der Waals surface area contributed by atoms with E-state index in [1.54, 1.807) is 0 Å². The molecule has 2 bridgehead atoms.